The maximum Gasteiger partial charge on any atom is 0.243 e. The van der Waals surface area contributed by atoms with Crippen molar-refractivity contribution in [2.24, 2.45) is 11.8 Å². The topological polar surface area (TPSA) is 119 Å². The number of rotatable bonds is 5. The minimum atomic E-state index is -3.62. The monoisotopic (exact) mass is 287 g/mol. The van der Waals surface area contributed by atoms with Crippen molar-refractivity contribution in [3.05, 3.63) is 12.4 Å². The van der Waals surface area contributed by atoms with Crippen LogP contribution in [-0.2, 0) is 14.8 Å². The van der Waals surface area contributed by atoms with Crippen molar-refractivity contribution >= 4 is 16.0 Å². The van der Waals surface area contributed by atoms with E-state index in [0.717, 1.165) is 6.42 Å². The molecule has 2 rings (SSSR count). The molecule has 0 saturated carbocycles. The summed E-state index contributed by atoms with van der Waals surface area (Å²) in [4.78, 5) is 7.57. The second-order valence-corrected chi connectivity index (χ2v) is 6.13. The average molecular weight is 287 g/mol. The van der Waals surface area contributed by atoms with Crippen LogP contribution in [0, 0.1) is 5.92 Å². The summed E-state index contributed by atoms with van der Waals surface area (Å²) in [6.07, 6.45) is 3.28. The number of hydrogen-bond donors (Lipinski definition) is 3. The zero-order chi connectivity index (χ0) is 13.9. The van der Waals surface area contributed by atoms with Crippen molar-refractivity contribution in [3.63, 3.8) is 0 Å². The summed E-state index contributed by atoms with van der Waals surface area (Å²) < 4.78 is 32.1. The Morgan fingerprint density at radius 1 is 1.47 bits per heavy atom. The maximum atomic E-state index is 12.1. The van der Waals surface area contributed by atoms with Gasteiger partial charge in [-0.1, -0.05) is 0 Å². The van der Waals surface area contributed by atoms with E-state index in [4.69, 9.17) is 10.6 Å². The molecule has 0 bridgehead atoms. The number of nitrogens with one attached hydrogen (secondary N) is 2. The van der Waals surface area contributed by atoms with Gasteiger partial charge in [-0.15, -0.1) is 0 Å². The number of anilines is 1. The standard InChI is InChI=1S/C10H17N5O3S/c1-7(8-2-3-18-6-8)15-19(16,17)9-4-12-10(14-11)13-5-9/h4-5,7-8,15H,2-3,6,11H2,1H3,(H,12,13,14). The molecule has 0 amide bonds. The lowest BCUT2D eigenvalue weighted by Crippen LogP contribution is -2.38. The van der Waals surface area contributed by atoms with Gasteiger partial charge in [0.25, 0.3) is 0 Å². The Balaban J connectivity index is 2.08. The Morgan fingerprint density at radius 3 is 2.68 bits per heavy atom. The van der Waals surface area contributed by atoms with E-state index in [0.29, 0.717) is 13.2 Å². The highest BCUT2D eigenvalue weighted by Crippen LogP contribution is 2.18. The number of hydrogen-bond acceptors (Lipinski definition) is 7. The summed E-state index contributed by atoms with van der Waals surface area (Å²) >= 11 is 0. The molecule has 1 aliphatic rings. The van der Waals surface area contributed by atoms with E-state index in [1.165, 1.54) is 12.4 Å². The second kappa shape index (κ2) is 5.78. The first-order chi connectivity index (χ1) is 9.03. The Morgan fingerprint density at radius 2 is 2.16 bits per heavy atom. The highest BCUT2D eigenvalue weighted by Gasteiger charge is 2.27. The van der Waals surface area contributed by atoms with Crippen molar-refractivity contribution in [1.82, 2.24) is 14.7 Å². The summed E-state index contributed by atoms with van der Waals surface area (Å²) in [5.41, 5.74) is 2.24. The van der Waals surface area contributed by atoms with E-state index in [-0.39, 0.29) is 22.8 Å². The molecule has 1 aliphatic heterocycles. The molecule has 2 heterocycles. The van der Waals surface area contributed by atoms with Gasteiger partial charge in [0.05, 0.1) is 19.0 Å². The van der Waals surface area contributed by atoms with Crippen molar-refractivity contribution in [2.45, 2.75) is 24.3 Å². The van der Waals surface area contributed by atoms with Gasteiger partial charge in [-0.3, -0.25) is 5.43 Å². The van der Waals surface area contributed by atoms with Crippen molar-refractivity contribution in [2.75, 3.05) is 18.6 Å². The summed E-state index contributed by atoms with van der Waals surface area (Å²) in [5, 5.41) is 0. The molecule has 19 heavy (non-hydrogen) atoms. The minimum absolute atomic E-state index is 0.0114. The van der Waals surface area contributed by atoms with Gasteiger partial charge in [0.2, 0.25) is 16.0 Å². The molecule has 0 spiro atoms. The van der Waals surface area contributed by atoms with E-state index in [1.54, 1.807) is 0 Å². The predicted octanol–water partition coefficient (Wildman–Crippen LogP) is -0.534. The first-order valence-electron chi connectivity index (χ1n) is 5.91. The number of hydrazine groups is 1. The van der Waals surface area contributed by atoms with E-state index < -0.39 is 10.0 Å². The maximum absolute atomic E-state index is 12.1. The predicted molar refractivity (Wildman–Crippen MR) is 68.6 cm³/mol. The van der Waals surface area contributed by atoms with Gasteiger partial charge in [-0.05, 0) is 13.3 Å². The first-order valence-corrected chi connectivity index (χ1v) is 7.40. The third-order valence-electron chi connectivity index (χ3n) is 3.08. The number of nitrogens with zero attached hydrogens (tertiary/aromatic N) is 2. The fourth-order valence-electron chi connectivity index (χ4n) is 1.89. The zero-order valence-corrected chi connectivity index (χ0v) is 11.4. The lowest BCUT2D eigenvalue weighted by atomic mass is 10.0. The molecule has 1 fully saturated rings. The van der Waals surface area contributed by atoms with Crippen LogP contribution in [0.5, 0.6) is 0 Å². The molecule has 1 aromatic rings. The summed E-state index contributed by atoms with van der Waals surface area (Å²) in [6.45, 7) is 3.08. The molecule has 8 nitrogen and oxygen atoms in total. The van der Waals surface area contributed by atoms with Gasteiger partial charge in [0.15, 0.2) is 0 Å². The van der Waals surface area contributed by atoms with Crippen LogP contribution < -0.4 is 16.0 Å². The molecule has 1 saturated heterocycles. The lowest BCUT2D eigenvalue weighted by Gasteiger charge is -2.18. The van der Waals surface area contributed by atoms with Gasteiger partial charge in [-0.2, -0.15) is 0 Å². The molecular weight excluding hydrogens is 270 g/mol. The van der Waals surface area contributed by atoms with E-state index in [1.807, 2.05) is 6.92 Å². The zero-order valence-electron chi connectivity index (χ0n) is 10.5. The van der Waals surface area contributed by atoms with E-state index >= 15 is 0 Å². The Bertz CT molecular complexity index is 512. The van der Waals surface area contributed by atoms with Gasteiger partial charge in [-0.25, -0.2) is 29.0 Å². The van der Waals surface area contributed by atoms with Crippen molar-refractivity contribution in [3.8, 4) is 0 Å². The third kappa shape index (κ3) is 3.38. The normalized spacial score (nSPS) is 21.3. The fraction of sp³-hybridized carbons (Fsp3) is 0.600. The molecule has 2 unspecified atom stereocenters. The Kier molecular flexibility index (Phi) is 4.30. The van der Waals surface area contributed by atoms with Crippen LogP contribution >= 0.6 is 0 Å². The Hall–Kier alpha value is -1.29. The van der Waals surface area contributed by atoms with E-state index in [2.05, 4.69) is 20.1 Å². The van der Waals surface area contributed by atoms with Crippen LogP contribution in [0.2, 0.25) is 0 Å². The molecular formula is C10H17N5O3S. The largest absolute Gasteiger partial charge is 0.381 e. The van der Waals surface area contributed by atoms with Crippen LogP contribution in [0.4, 0.5) is 5.95 Å². The van der Waals surface area contributed by atoms with Gasteiger partial charge in [0, 0.05) is 18.6 Å². The van der Waals surface area contributed by atoms with Crippen LogP contribution in [0.15, 0.2) is 17.3 Å². The van der Waals surface area contributed by atoms with Crippen LogP contribution in [0.25, 0.3) is 0 Å². The quantitative estimate of drug-likeness (QED) is 0.491. The van der Waals surface area contributed by atoms with E-state index in [9.17, 15) is 8.42 Å². The fourth-order valence-corrected chi connectivity index (χ4v) is 3.09. The molecule has 0 aromatic carbocycles. The minimum Gasteiger partial charge on any atom is -0.381 e. The molecule has 106 valence electrons. The van der Waals surface area contributed by atoms with Gasteiger partial charge in [0.1, 0.15) is 4.90 Å². The molecule has 4 N–H and O–H groups in total. The molecule has 9 heteroatoms. The molecule has 1 aromatic heterocycles. The Labute approximate surface area is 111 Å². The summed E-state index contributed by atoms with van der Waals surface area (Å²) in [6, 6.07) is -0.195. The number of sulfonamides is 1. The van der Waals surface area contributed by atoms with Gasteiger partial charge < -0.3 is 4.74 Å². The highest BCUT2D eigenvalue weighted by molar-refractivity contribution is 7.89. The summed E-state index contributed by atoms with van der Waals surface area (Å²) in [5.74, 6) is 5.48. The lowest BCUT2D eigenvalue weighted by molar-refractivity contribution is 0.180. The third-order valence-corrected chi connectivity index (χ3v) is 4.59. The van der Waals surface area contributed by atoms with Crippen LogP contribution in [-0.4, -0.2) is 37.6 Å². The number of nitrogen functional groups attached to an aromatic ring is 1. The average Bonchev–Trinajstić information content (AvgIpc) is 2.92. The van der Waals surface area contributed by atoms with Crippen LogP contribution in [0.3, 0.4) is 0 Å². The smallest absolute Gasteiger partial charge is 0.243 e. The number of nitrogens with two attached hydrogens (primary N) is 1. The first kappa shape index (κ1) is 14.1. The molecule has 0 aliphatic carbocycles. The second-order valence-electron chi connectivity index (χ2n) is 4.42. The number of aromatic nitrogens is 2. The van der Waals surface area contributed by atoms with Crippen molar-refractivity contribution in [1.29, 1.82) is 0 Å². The van der Waals surface area contributed by atoms with Gasteiger partial charge >= 0.3 is 0 Å². The van der Waals surface area contributed by atoms with Crippen molar-refractivity contribution < 1.29 is 13.2 Å². The summed E-state index contributed by atoms with van der Waals surface area (Å²) in [7, 11) is -3.62. The molecule has 0 radical (unpaired) electrons. The number of ether oxygens (including phenoxy) is 1. The molecule has 2 atom stereocenters. The highest BCUT2D eigenvalue weighted by atomic mass is 32.2. The van der Waals surface area contributed by atoms with Crippen LogP contribution in [0.1, 0.15) is 13.3 Å². The SMILES string of the molecule is CC(NS(=O)(=O)c1cnc(NN)nc1)C1CCOC1.